The van der Waals surface area contributed by atoms with Crippen LogP contribution < -0.4 is 15.6 Å². The van der Waals surface area contributed by atoms with Gasteiger partial charge in [-0.25, -0.2) is 15.0 Å². The summed E-state index contributed by atoms with van der Waals surface area (Å²) in [5.74, 6) is 0.622. The molecule has 4 rings (SSSR count). The minimum atomic E-state index is -0.427. The molecule has 0 fully saturated rings. The predicted octanol–water partition coefficient (Wildman–Crippen LogP) is 3.74. The lowest BCUT2D eigenvalue weighted by molar-refractivity contribution is -0.120. The third kappa shape index (κ3) is 5.86. The molecule has 180 valence electrons. The smallest absolute Gasteiger partial charge is 0.282 e. The standard InChI is InChI=1S/C26H27N5O3S/c1-4-21(24(32)29-15-18-7-5-17(2)6-8-18)35-26-30-23-22(27-13-14-28-23)25(33)31(26)16-19-9-11-20(34-3)12-10-19/h5-14,21H,4,15-16H2,1-3H3,(H,29,32)/t21-/m1/s1. The number of fused-ring (bicyclic) bond motifs is 1. The van der Waals surface area contributed by atoms with Gasteiger partial charge in [0.25, 0.3) is 5.56 Å². The number of nitrogens with one attached hydrogen (secondary N) is 1. The van der Waals surface area contributed by atoms with Gasteiger partial charge in [-0.2, -0.15) is 0 Å². The zero-order valence-electron chi connectivity index (χ0n) is 19.9. The maximum Gasteiger partial charge on any atom is 0.282 e. The van der Waals surface area contributed by atoms with Crippen molar-refractivity contribution in [1.29, 1.82) is 0 Å². The highest BCUT2D eigenvalue weighted by Gasteiger charge is 2.22. The van der Waals surface area contributed by atoms with Gasteiger partial charge < -0.3 is 10.1 Å². The lowest BCUT2D eigenvalue weighted by atomic mass is 10.1. The number of nitrogens with zero attached hydrogens (tertiary/aromatic N) is 4. The highest BCUT2D eigenvalue weighted by atomic mass is 32.2. The van der Waals surface area contributed by atoms with Crippen molar-refractivity contribution in [3.8, 4) is 5.75 Å². The maximum atomic E-state index is 13.3. The third-order valence-corrected chi connectivity index (χ3v) is 6.91. The van der Waals surface area contributed by atoms with Crippen LogP contribution in [0.4, 0.5) is 0 Å². The Labute approximate surface area is 207 Å². The predicted molar refractivity (Wildman–Crippen MR) is 137 cm³/mol. The Hall–Kier alpha value is -3.72. The molecule has 1 atom stereocenters. The first-order chi connectivity index (χ1) is 17.0. The largest absolute Gasteiger partial charge is 0.497 e. The topological polar surface area (TPSA) is 99.0 Å². The second-order valence-corrected chi connectivity index (χ2v) is 9.25. The van der Waals surface area contributed by atoms with Gasteiger partial charge in [0.1, 0.15) is 5.75 Å². The number of carbonyl (C=O) groups excluding carboxylic acids is 1. The number of aromatic nitrogens is 4. The van der Waals surface area contributed by atoms with Crippen molar-refractivity contribution in [1.82, 2.24) is 24.8 Å². The molecule has 35 heavy (non-hydrogen) atoms. The fourth-order valence-electron chi connectivity index (χ4n) is 3.53. The van der Waals surface area contributed by atoms with Crippen LogP contribution in [0.3, 0.4) is 0 Å². The van der Waals surface area contributed by atoms with E-state index >= 15 is 0 Å². The first kappa shape index (κ1) is 24.4. The lowest BCUT2D eigenvalue weighted by Crippen LogP contribution is -2.33. The van der Waals surface area contributed by atoms with E-state index in [1.807, 2.05) is 62.4 Å². The summed E-state index contributed by atoms with van der Waals surface area (Å²) in [4.78, 5) is 39.4. The van der Waals surface area contributed by atoms with Crippen LogP contribution in [0.2, 0.25) is 0 Å². The Morgan fingerprint density at radius 2 is 1.74 bits per heavy atom. The van der Waals surface area contributed by atoms with Gasteiger partial charge in [-0.05, 0) is 36.6 Å². The van der Waals surface area contributed by atoms with E-state index in [1.54, 1.807) is 11.7 Å². The van der Waals surface area contributed by atoms with Gasteiger partial charge in [0.15, 0.2) is 16.3 Å². The van der Waals surface area contributed by atoms with Gasteiger partial charge >= 0.3 is 0 Å². The minimum Gasteiger partial charge on any atom is -0.497 e. The molecule has 1 amide bonds. The van der Waals surface area contributed by atoms with Gasteiger partial charge in [-0.3, -0.25) is 14.2 Å². The number of amides is 1. The second kappa shape index (κ2) is 11.1. The zero-order chi connectivity index (χ0) is 24.8. The van der Waals surface area contributed by atoms with Crippen molar-refractivity contribution >= 4 is 28.8 Å². The van der Waals surface area contributed by atoms with E-state index < -0.39 is 5.25 Å². The number of rotatable bonds is 9. The van der Waals surface area contributed by atoms with Crippen molar-refractivity contribution in [3.05, 3.63) is 88.0 Å². The summed E-state index contributed by atoms with van der Waals surface area (Å²) in [7, 11) is 1.61. The van der Waals surface area contributed by atoms with Crippen LogP contribution in [0.15, 0.2) is 70.9 Å². The number of hydrogen-bond acceptors (Lipinski definition) is 7. The Morgan fingerprint density at radius 3 is 2.43 bits per heavy atom. The van der Waals surface area contributed by atoms with Crippen molar-refractivity contribution in [2.75, 3.05) is 7.11 Å². The fourth-order valence-corrected chi connectivity index (χ4v) is 4.56. The SMILES string of the molecule is CC[C@@H](Sc1nc2nccnc2c(=O)n1Cc1ccc(OC)cc1)C(=O)NCc1ccc(C)cc1. The van der Waals surface area contributed by atoms with E-state index in [0.29, 0.717) is 18.1 Å². The normalized spacial score (nSPS) is 11.9. The minimum absolute atomic E-state index is 0.109. The molecular weight excluding hydrogens is 462 g/mol. The molecule has 2 heterocycles. The van der Waals surface area contributed by atoms with Crippen LogP contribution in [0, 0.1) is 6.92 Å². The number of hydrogen-bond donors (Lipinski definition) is 1. The van der Waals surface area contributed by atoms with Gasteiger partial charge in [-0.1, -0.05) is 60.6 Å². The summed E-state index contributed by atoms with van der Waals surface area (Å²) < 4.78 is 6.79. The number of methoxy groups -OCH3 is 1. The average Bonchev–Trinajstić information content (AvgIpc) is 2.89. The van der Waals surface area contributed by atoms with Crippen LogP contribution in [0.1, 0.15) is 30.0 Å². The molecule has 1 N–H and O–H groups in total. The number of aryl methyl sites for hydroxylation is 1. The summed E-state index contributed by atoms with van der Waals surface area (Å²) in [6.07, 6.45) is 3.55. The molecular formula is C26H27N5O3S. The molecule has 2 aromatic heterocycles. The Kier molecular flexibility index (Phi) is 7.77. The first-order valence-corrected chi connectivity index (χ1v) is 12.2. The average molecular weight is 490 g/mol. The molecule has 0 aliphatic heterocycles. The molecule has 0 unspecified atom stereocenters. The van der Waals surface area contributed by atoms with Crippen molar-refractivity contribution in [3.63, 3.8) is 0 Å². The van der Waals surface area contributed by atoms with E-state index in [0.717, 1.165) is 16.9 Å². The van der Waals surface area contributed by atoms with Gasteiger partial charge in [0.2, 0.25) is 5.91 Å². The number of thioether (sulfide) groups is 1. The highest BCUT2D eigenvalue weighted by Crippen LogP contribution is 2.25. The molecule has 0 radical (unpaired) electrons. The van der Waals surface area contributed by atoms with Crippen LogP contribution in [0.5, 0.6) is 5.75 Å². The fraction of sp³-hybridized carbons (Fsp3) is 0.269. The van der Waals surface area contributed by atoms with Gasteiger partial charge in [0, 0.05) is 18.9 Å². The maximum absolute atomic E-state index is 13.3. The molecule has 0 aliphatic rings. The van der Waals surface area contributed by atoms with Crippen molar-refractivity contribution in [2.45, 2.75) is 43.8 Å². The molecule has 8 nitrogen and oxygen atoms in total. The summed E-state index contributed by atoms with van der Waals surface area (Å²) in [6.45, 7) is 4.69. The summed E-state index contributed by atoms with van der Waals surface area (Å²) in [5, 5.41) is 3.01. The molecule has 0 saturated heterocycles. The van der Waals surface area contributed by atoms with Gasteiger partial charge in [-0.15, -0.1) is 0 Å². The van der Waals surface area contributed by atoms with E-state index in [4.69, 9.17) is 4.74 Å². The van der Waals surface area contributed by atoms with Crippen LogP contribution in [0.25, 0.3) is 11.2 Å². The van der Waals surface area contributed by atoms with Crippen molar-refractivity contribution < 1.29 is 9.53 Å². The molecule has 0 aliphatic carbocycles. The zero-order valence-corrected chi connectivity index (χ0v) is 20.7. The molecule has 0 saturated carbocycles. The van der Waals surface area contributed by atoms with Crippen LogP contribution >= 0.6 is 11.8 Å². The van der Waals surface area contributed by atoms with Crippen molar-refractivity contribution in [2.24, 2.45) is 0 Å². The number of carbonyl (C=O) groups is 1. The molecule has 2 aromatic carbocycles. The monoisotopic (exact) mass is 489 g/mol. The Bertz CT molecular complexity index is 1370. The molecule has 0 spiro atoms. The molecule has 4 aromatic rings. The number of benzene rings is 2. The van der Waals surface area contributed by atoms with Crippen LogP contribution in [-0.2, 0) is 17.9 Å². The third-order valence-electron chi connectivity index (χ3n) is 5.56. The summed E-state index contributed by atoms with van der Waals surface area (Å²) >= 11 is 1.26. The van der Waals surface area contributed by atoms with Crippen LogP contribution in [-0.4, -0.2) is 37.8 Å². The number of ether oxygens (including phenoxy) is 1. The molecule has 0 bridgehead atoms. The highest BCUT2D eigenvalue weighted by molar-refractivity contribution is 8.00. The summed E-state index contributed by atoms with van der Waals surface area (Å²) in [6, 6.07) is 15.5. The first-order valence-electron chi connectivity index (χ1n) is 11.3. The van der Waals surface area contributed by atoms with E-state index in [2.05, 4.69) is 20.3 Å². The Balaban J connectivity index is 1.61. The molecule has 9 heteroatoms. The quantitative estimate of drug-likeness (QED) is 0.282. The second-order valence-electron chi connectivity index (χ2n) is 8.08. The van der Waals surface area contributed by atoms with Gasteiger partial charge in [0.05, 0.1) is 18.9 Å². The van der Waals surface area contributed by atoms with E-state index in [1.165, 1.54) is 29.7 Å². The van der Waals surface area contributed by atoms with E-state index in [9.17, 15) is 9.59 Å². The summed E-state index contributed by atoms with van der Waals surface area (Å²) in [5.41, 5.74) is 3.26. The van der Waals surface area contributed by atoms with E-state index in [-0.39, 0.29) is 29.2 Å². The Morgan fingerprint density at radius 1 is 1.06 bits per heavy atom. The lowest BCUT2D eigenvalue weighted by Gasteiger charge is -2.18.